The molecular formula is C21H27ClN2O5. The van der Waals surface area contributed by atoms with Crippen LogP contribution in [0.3, 0.4) is 0 Å². The van der Waals surface area contributed by atoms with Gasteiger partial charge in [0.2, 0.25) is 0 Å². The lowest BCUT2D eigenvalue weighted by atomic mass is 9.71. The Labute approximate surface area is 175 Å². The van der Waals surface area contributed by atoms with Gasteiger partial charge in [0, 0.05) is 23.0 Å². The Kier molecular flexibility index (Phi) is 7.84. The van der Waals surface area contributed by atoms with Gasteiger partial charge >= 0.3 is 11.9 Å². The number of rotatable bonds is 8. The molecule has 8 heteroatoms. The molecular weight excluding hydrogens is 396 g/mol. The second kappa shape index (κ2) is 9.91. The molecule has 29 heavy (non-hydrogen) atoms. The van der Waals surface area contributed by atoms with Crippen molar-refractivity contribution < 1.29 is 23.8 Å². The quantitative estimate of drug-likeness (QED) is 0.490. The van der Waals surface area contributed by atoms with Gasteiger partial charge in [0.15, 0.2) is 0 Å². The van der Waals surface area contributed by atoms with Crippen molar-refractivity contribution in [2.24, 2.45) is 5.73 Å². The van der Waals surface area contributed by atoms with E-state index in [1.54, 1.807) is 51.1 Å². The highest BCUT2D eigenvalue weighted by molar-refractivity contribution is 6.32. The van der Waals surface area contributed by atoms with E-state index in [1.165, 1.54) is 7.11 Å². The van der Waals surface area contributed by atoms with Crippen LogP contribution in [-0.4, -0.2) is 44.9 Å². The minimum Gasteiger partial charge on any atom is -0.468 e. The lowest BCUT2D eigenvalue weighted by Crippen LogP contribution is -2.46. The number of ether oxygens (including phenoxy) is 3. The highest BCUT2D eigenvalue weighted by atomic mass is 35.5. The smallest absolute Gasteiger partial charge is 0.337 e. The van der Waals surface area contributed by atoms with Crippen molar-refractivity contribution in [1.82, 2.24) is 5.32 Å². The minimum atomic E-state index is -1.59. The molecule has 1 unspecified atom stereocenters. The lowest BCUT2D eigenvalue weighted by molar-refractivity contribution is -0.150. The van der Waals surface area contributed by atoms with Crippen LogP contribution in [0.25, 0.3) is 0 Å². The first-order valence-corrected chi connectivity index (χ1v) is 9.68. The normalized spacial score (nSPS) is 18.9. The van der Waals surface area contributed by atoms with Crippen molar-refractivity contribution in [3.05, 3.63) is 57.9 Å². The average Bonchev–Trinajstić information content (AvgIpc) is 2.66. The van der Waals surface area contributed by atoms with E-state index in [0.29, 0.717) is 35.1 Å². The van der Waals surface area contributed by atoms with E-state index < -0.39 is 17.4 Å². The second-order valence-electron chi connectivity index (χ2n) is 6.87. The van der Waals surface area contributed by atoms with Crippen LogP contribution >= 0.6 is 11.6 Å². The number of carbonyl (C=O) groups is 2. The number of nitrogens with two attached hydrogens (primary N) is 1. The number of allylic oxidation sites excluding steroid dienone is 1. The number of hydrogen-bond donors (Lipinski definition) is 2. The van der Waals surface area contributed by atoms with Crippen LogP contribution in [-0.2, 0) is 29.2 Å². The molecule has 1 aliphatic rings. The molecule has 0 fully saturated rings. The van der Waals surface area contributed by atoms with Gasteiger partial charge in [0.05, 0.1) is 32.0 Å². The molecule has 0 spiro atoms. The number of halogens is 1. The molecule has 0 saturated carbocycles. The Morgan fingerprint density at radius 1 is 1.28 bits per heavy atom. The van der Waals surface area contributed by atoms with E-state index in [1.807, 2.05) is 0 Å². The molecule has 0 radical (unpaired) electrons. The first kappa shape index (κ1) is 22.9. The van der Waals surface area contributed by atoms with Crippen LogP contribution in [0.15, 0.2) is 47.3 Å². The van der Waals surface area contributed by atoms with Crippen molar-refractivity contribution >= 4 is 23.5 Å². The standard InChI is InChI=1S/C21H27ClN2O5/c1-13(2)29-19(25)18-14(3)24-15(12-28-10-9-23)11-21(18,20(26)27-4)16-7-5-6-8-17(16)22/h5-8,11,13,24H,9-10,12,23H2,1-4H3. The topological polar surface area (TPSA) is 99.9 Å². The van der Waals surface area contributed by atoms with Gasteiger partial charge in [0.1, 0.15) is 5.41 Å². The van der Waals surface area contributed by atoms with Gasteiger partial charge in [0.25, 0.3) is 0 Å². The van der Waals surface area contributed by atoms with E-state index in [2.05, 4.69) is 5.32 Å². The Morgan fingerprint density at radius 2 is 1.97 bits per heavy atom. The summed E-state index contributed by atoms with van der Waals surface area (Å²) < 4.78 is 16.1. The number of methoxy groups -OCH3 is 1. The fourth-order valence-electron chi connectivity index (χ4n) is 3.32. The molecule has 1 atom stereocenters. The summed E-state index contributed by atoms with van der Waals surface area (Å²) in [6, 6.07) is 6.83. The van der Waals surface area contributed by atoms with Gasteiger partial charge in [-0.15, -0.1) is 0 Å². The van der Waals surface area contributed by atoms with Crippen LogP contribution in [0.1, 0.15) is 26.3 Å². The number of nitrogens with one attached hydrogen (secondary N) is 1. The summed E-state index contributed by atoms with van der Waals surface area (Å²) in [5, 5.41) is 3.45. The van der Waals surface area contributed by atoms with Gasteiger partial charge in [-0.3, -0.25) is 4.79 Å². The second-order valence-corrected chi connectivity index (χ2v) is 7.28. The zero-order valence-corrected chi connectivity index (χ0v) is 17.8. The summed E-state index contributed by atoms with van der Waals surface area (Å²) >= 11 is 6.47. The Bertz CT molecular complexity index is 834. The van der Waals surface area contributed by atoms with Crippen LogP contribution in [0.5, 0.6) is 0 Å². The van der Waals surface area contributed by atoms with Crippen molar-refractivity contribution in [2.75, 3.05) is 26.9 Å². The van der Waals surface area contributed by atoms with Crippen LogP contribution in [0, 0.1) is 0 Å². The SMILES string of the molecule is COC(=O)C1(c2ccccc2Cl)C=C(COCCN)NC(C)=C1C(=O)OC(C)C. The monoisotopic (exact) mass is 422 g/mol. The Balaban J connectivity index is 2.73. The Morgan fingerprint density at radius 3 is 2.55 bits per heavy atom. The Hall–Kier alpha value is -2.35. The molecule has 0 aromatic heterocycles. The predicted octanol–water partition coefficient (Wildman–Crippen LogP) is 2.44. The summed E-state index contributed by atoms with van der Waals surface area (Å²) in [5.74, 6) is -1.29. The summed E-state index contributed by atoms with van der Waals surface area (Å²) in [6.45, 7) is 6.05. The maximum atomic E-state index is 13.2. The van der Waals surface area contributed by atoms with E-state index >= 15 is 0 Å². The zero-order chi connectivity index (χ0) is 21.6. The van der Waals surface area contributed by atoms with Gasteiger partial charge in [-0.1, -0.05) is 29.8 Å². The highest BCUT2D eigenvalue weighted by Gasteiger charge is 2.51. The van der Waals surface area contributed by atoms with E-state index in [9.17, 15) is 9.59 Å². The van der Waals surface area contributed by atoms with Gasteiger partial charge < -0.3 is 25.3 Å². The van der Waals surface area contributed by atoms with Crippen LogP contribution < -0.4 is 11.1 Å². The first-order valence-electron chi connectivity index (χ1n) is 9.30. The fourth-order valence-corrected chi connectivity index (χ4v) is 3.61. The first-order chi connectivity index (χ1) is 13.8. The number of hydrogen-bond acceptors (Lipinski definition) is 7. The van der Waals surface area contributed by atoms with Crippen LogP contribution in [0.2, 0.25) is 5.02 Å². The molecule has 158 valence electrons. The van der Waals surface area contributed by atoms with E-state index in [-0.39, 0.29) is 18.3 Å². The highest BCUT2D eigenvalue weighted by Crippen LogP contribution is 2.43. The fraction of sp³-hybridized carbons (Fsp3) is 0.429. The molecule has 2 rings (SSSR count). The molecule has 0 amide bonds. The summed E-state index contributed by atoms with van der Waals surface area (Å²) in [5.41, 5.74) is 5.48. The van der Waals surface area contributed by atoms with Crippen molar-refractivity contribution in [3.8, 4) is 0 Å². The summed E-state index contributed by atoms with van der Waals surface area (Å²) in [7, 11) is 1.27. The largest absolute Gasteiger partial charge is 0.468 e. The molecule has 7 nitrogen and oxygen atoms in total. The number of carbonyl (C=O) groups excluding carboxylic acids is 2. The third kappa shape index (κ3) is 4.80. The van der Waals surface area contributed by atoms with Gasteiger partial charge in [-0.25, -0.2) is 4.79 Å². The number of esters is 2. The zero-order valence-electron chi connectivity index (χ0n) is 17.1. The lowest BCUT2D eigenvalue weighted by Gasteiger charge is -2.36. The molecule has 0 saturated heterocycles. The third-order valence-corrected chi connectivity index (χ3v) is 4.71. The van der Waals surface area contributed by atoms with Crippen LogP contribution in [0.4, 0.5) is 0 Å². The van der Waals surface area contributed by atoms with Crippen molar-refractivity contribution in [3.63, 3.8) is 0 Å². The molecule has 1 aromatic carbocycles. The third-order valence-electron chi connectivity index (χ3n) is 4.38. The van der Waals surface area contributed by atoms with Crippen molar-refractivity contribution in [2.45, 2.75) is 32.3 Å². The molecule has 1 aromatic rings. The van der Waals surface area contributed by atoms with Crippen molar-refractivity contribution in [1.29, 1.82) is 0 Å². The predicted molar refractivity (Wildman–Crippen MR) is 110 cm³/mol. The summed E-state index contributed by atoms with van der Waals surface area (Å²) in [6.07, 6.45) is 1.24. The molecule has 1 heterocycles. The average molecular weight is 423 g/mol. The van der Waals surface area contributed by atoms with E-state index in [4.69, 9.17) is 31.5 Å². The number of dihydropyridines is 1. The molecule has 0 bridgehead atoms. The summed E-state index contributed by atoms with van der Waals surface area (Å²) in [4.78, 5) is 26.3. The maximum absolute atomic E-state index is 13.2. The maximum Gasteiger partial charge on any atom is 0.337 e. The number of benzene rings is 1. The molecule has 3 N–H and O–H groups in total. The molecule has 0 aliphatic carbocycles. The van der Waals surface area contributed by atoms with Gasteiger partial charge in [-0.2, -0.15) is 0 Å². The molecule has 1 aliphatic heterocycles. The minimum absolute atomic E-state index is 0.119. The van der Waals surface area contributed by atoms with E-state index in [0.717, 1.165) is 0 Å². The van der Waals surface area contributed by atoms with Gasteiger partial charge in [-0.05, 0) is 38.5 Å².